The lowest BCUT2D eigenvalue weighted by Gasteiger charge is -2.36. The SMILES string of the molecule is COc1ccccc1CN(C)CC(=O)N1CCN(c2ccccc2)CC1. The lowest BCUT2D eigenvalue weighted by Crippen LogP contribution is -2.51. The molecule has 138 valence electrons. The van der Waals surface area contributed by atoms with E-state index in [1.807, 2.05) is 47.2 Å². The van der Waals surface area contributed by atoms with Crippen LogP contribution in [-0.4, -0.2) is 62.6 Å². The van der Waals surface area contributed by atoms with Crippen LogP contribution >= 0.6 is 0 Å². The maximum Gasteiger partial charge on any atom is 0.236 e. The van der Waals surface area contributed by atoms with Gasteiger partial charge in [0.2, 0.25) is 5.91 Å². The summed E-state index contributed by atoms with van der Waals surface area (Å²) in [5, 5.41) is 0. The van der Waals surface area contributed by atoms with Crippen LogP contribution < -0.4 is 9.64 Å². The molecule has 26 heavy (non-hydrogen) atoms. The lowest BCUT2D eigenvalue weighted by molar-refractivity contribution is -0.132. The molecule has 2 aromatic rings. The minimum absolute atomic E-state index is 0.190. The molecular formula is C21H27N3O2. The summed E-state index contributed by atoms with van der Waals surface area (Å²) in [5.74, 6) is 1.05. The fourth-order valence-electron chi connectivity index (χ4n) is 3.36. The predicted octanol–water partition coefficient (Wildman–Crippen LogP) is 2.48. The third kappa shape index (κ3) is 4.55. The Labute approximate surface area is 155 Å². The van der Waals surface area contributed by atoms with Crippen molar-refractivity contribution in [2.24, 2.45) is 0 Å². The first-order chi connectivity index (χ1) is 12.7. The second-order valence-electron chi connectivity index (χ2n) is 6.69. The number of likely N-dealkylation sites (N-methyl/N-ethyl adjacent to an activating group) is 1. The first-order valence-corrected chi connectivity index (χ1v) is 9.05. The maximum atomic E-state index is 12.6. The zero-order valence-corrected chi connectivity index (χ0v) is 15.6. The van der Waals surface area contributed by atoms with Gasteiger partial charge in [0, 0.05) is 44.0 Å². The molecule has 1 heterocycles. The molecule has 0 atom stereocenters. The zero-order valence-electron chi connectivity index (χ0n) is 15.6. The van der Waals surface area contributed by atoms with Crippen molar-refractivity contribution < 1.29 is 9.53 Å². The van der Waals surface area contributed by atoms with E-state index in [0.29, 0.717) is 13.1 Å². The number of carbonyl (C=O) groups is 1. The molecule has 0 unspecified atom stereocenters. The van der Waals surface area contributed by atoms with E-state index in [2.05, 4.69) is 29.2 Å². The molecular weight excluding hydrogens is 326 g/mol. The van der Waals surface area contributed by atoms with Gasteiger partial charge >= 0.3 is 0 Å². The van der Waals surface area contributed by atoms with E-state index < -0.39 is 0 Å². The molecule has 0 radical (unpaired) electrons. The van der Waals surface area contributed by atoms with E-state index in [9.17, 15) is 4.79 Å². The van der Waals surface area contributed by atoms with E-state index in [4.69, 9.17) is 4.74 Å². The molecule has 1 fully saturated rings. The van der Waals surface area contributed by atoms with E-state index in [1.54, 1.807) is 7.11 Å². The highest BCUT2D eigenvalue weighted by Crippen LogP contribution is 2.19. The van der Waals surface area contributed by atoms with Crippen LogP contribution in [0.5, 0.6) is 5.75 Å². The van der Waals surface area contributed by atoms with Gasteiger partial charge in [-0.25, -0.2) is 0 Å². The van der Waals surface area contributed by atoms with Gasteiger partial charge in [-0.1, -0.05) is 36.4 Å². The van der Waals surface area contributed by atoms with E-state index in [-0.39, 0.29) is 5.91 Å². The Balaban J connectivity index is 1.49. The molecule has 5 heteroatoms. The minimum Gasteiger partial charge on any atom is -0.496 e. The van der Waals surface area contributed by atoms with Crippen molar-refractivity contribution in [1.29, 1.82) is 0 Å². The Morgan fingerprint density at radius 3 is 2.35 bits per heavy atom. The number of hydrogen-bond donors (Lipinski definition) is 0. The Hall–Kier alpha value is -2.53. The van der Waals surface area contributed by atoms with Gasteiger partial charge in [0.1, 0.15) is 5.75 Å². The molecule has 0 spiro atoms. The molecule has 3 rings (SSSR count). The summed E-state index contributed by atoms with van der Waals surface area (Å²) in [5.41, 5.74) is 2.33. The number of carbonyl (C=O) groups excluding carboxylic acids is 1. The summed E-state index contributed by atoms with van der Waals surface area (Å²) in [6, 6.07) is 18.3. The number of hydrogen-bond acceptors (Lipinski definition) is 4. The normalized spacial score (nSPS) is 14.6. The third-order valence-electron chi connectivity index (χ3n) is 4.79. The Morgan fingerprint density at radius 2 is 1.65 bits per heavy atom. The Bertz CT molecular complexity index is 712. The molecule has 0 aromatic heterocycles. The van der Waals surface area contributed by atoms with Gasteiger partial charge in [0.25, 0.3) is 0 Å². The van der Waals surface area contributed by atoms with Gasteiger partial charge in [-0.15, -0.1) is 0 Å². The molecule has 1 aliphatic rings. The number of nitrogens with zero attached hydrogens (tertiary/aromatic N) is 3. The van der Waals surface area contributed by atoms with Crippen LogP contribution in [0, 0.1) is 0 Å². The quantitative estimate of drug-likeness (QED) is 0.799. The van der Waals surface area contributed by atoms with E-state index >= 15 is 0 Å². The largest absolute Gasteiger partial charge is 0.496 e. The number of piperazine rings is 1. The van der Waals surface area contributed by atoms with Crippen LogP contribution in [0.25, 0.3) is 0 Å². The molecule has 0 aliphatic carbocycles. The van der Waals surface area contributed by atoms with Crippen LogP contribution in [0.2, 0.25) is 0 Å². The Kier molecular flexibility index (Phi) is 6.12. The number of rotatable bonds is 6. The summed E-state index contributed by atoms with van der Waals surface area (Å²) < 4.78 is 5.39. The number of amides is 1. The number of methoxy groups -OCH3 is 1. The van der Waals surface area contributed by atoms with E-state index in [1.165, 1.54) is 5.69 Å². The van der Waals surface area contributed by atoms with Crippen molar-refractivity contribution in [3.8, 4) is 5.75 Å². The highest BCUT2D eigenvalue weighted by atomic mass is 16.5. The molecule has 0 N–H and O–H groups in total. The Morgan fingerprint density at radius 1 is 1.00 bits per heavy atom. The van der Waals surface area contributed by atoms with Crippen molar-refractivity contribution in [2.75, 3.05) is 51.8 Å². The van der Waals surface area contributed by atoms with Crippen LogP contribution in [0.15, 0.2) is 54.6 Å². The summed E-state index contributed by atoms with van der Waals surface area (Å²) in [6.07, 6.45) is 0. The molecule has 1 saturated heterocycles. The summed E-state index contributed by atoms with van der Waals surface area (Å²) in [7, 11) is 3.65. The van der Waals surface area contributed by atoms with Gasteiger partial charge in [-0.3, -0.25) is 9.69 Å². The van der Waals surface area contributed by atoms with Crippen molar-refractivity contribution in [1.82, 2.24) is 9.80 Å². The van der Waals surface area contributed by atoms with Crippen molar-refractivity contribution in [3.63, 3.8) is 0 Å². The first-order valence-electron chi connectivity index (χ1n) is 9.05. The highest BCUT2D eigenvalue weighted by molar-refractivity contribution is 5.78. The summed E-state index contributed by atoms with van der Waals surface area (Å²) in [4.78, 5) is 19.0. The molecule has 0 saturated carbocycles. The number of benzene rings is 2. The highest BCUT2D eigenvalue weighted by Gasteiger charge is 2.22. The topological polar surface area (TPSA) is 36.0 Å². The third-order valence-corrected chi connectivity index (χ3v) is 4.79. The monoisotopic (exact) mass is 353 g/mol. The van der Waals surface area contributed by atoms with Crippen LogP contribution in [0.4, 0.5) is 5.69 Å². The average molecular weight is 353 g/mol. The van der Waals surface area contributed by atoms with Gasteiger partial charge in [0.05, 0.1) is 13.7 Å². The maximum absolute atomic E-state index is 12.6. The van der Waals surface area contributed by atoms with Crippen molar-refractivity contribution >= 4 is 11.6 Å². The van der Waals surface area contributed by atoms with Crippen LogP contribution in [0.1, 0.15) is 5.56 Å². The van der Waals surface area contributed by atoms with Gasteiger partial charge in [-0.2, -0.15) is 0 Å². The molecule has 1 amide bonds. The van der Waals surface area contributed by atoms with Crippen LogP contribution in [-0.2, 0) is 11.3 Å². The van der Waals surface area contributed by atoms with Crippen molar-refractivity contribution in [3.05, 3.63) is 60.2 Å². The summed E-state index contributed by atoms with van der Waals surface area (Å²) in [6.45, 7) is 4.42. The second kappa shape index (κ2) is 8.72. The predicted molar refractivity (Wildman–Crippen MR) is 105 cm³/mol. The fraction of sp³-hybridized carbons (Fsp3) is 0.381. The zero-order chi connectivity index (χ0) is 18.4. The lowest BCUT2D eigenvalue weighted by atomic mass is 10.2. The number of para-hydroxylation sites is 2. The van der Waals surface area contributed by atoms with E-state index in [0.717, 1.165) is 37.5 Å². The second-order valence-corrected chi connectivity index (χ2v) is 6.69. The standard InChI is InChI=1S/C21H27N3O2/c1-22(16-18-8-6-7-11-20(18)26-2)17-21(25)24-14-12-23(13-15-24)19-9-4-3-5-10-19/h3-11H,12-17H2,1-2H3. The fourth-order valence-corrected chi connectivity index (χ4v) is 3.36. The first kappa shape index (κ1) is 18.3. The average Bonchev–Trinajstić information content (AvgIpc) is 2.69. The minimum atomic E-state index is 0.190. The van der Waals surface area contributed by atoms with Crippen LogP contribution in [0.3, 0.4) is 0 Å². The van der Waals surface area contributed by atoms with Gasteiger partial charge in [0.15, 0.2) is 0 Å². The summed E-state index contributed by atoms with van der Waals surface area (Å²) >= 11 is 0. The van der Waals surface area contributed by atoms with Gasteiger partial charge in [-0.05, 0) is 25.2 Å². The molecule has 0 bridgehead atoms. The van der Waals surface area contributed by atoms with Gasteiger partial charge < -0.3 is 14.5 Å². The molecule has 5 nitrogen and oxygen atoms in total. The smallest absolute Gasteiger partial charge is 0.236 e. The van der Waals surface area contributed by atoms with Crippen molar-refractivity contribution in [2.45, 2.75) is 6.54 Å². The number of anilines is 1. The number of ether oxygens (including phenoxy) is 1. The molecule has 1 aliphatic heterocycles. The molecule has 2 aromatic carbocycles.